The quantitative estimate of drug-likeness (QED) is 0.771. The van der Waals surface area contributed by atoms with E-state index in [1.807, 2.05) is 33.8 Å². The van der Waals surface area contributed by atoms with Crippen LogP contribution in [0.1, 0.15) is 48.3 Å². The molecule has 0 saturated carbocycles. The normalized spacial score (nSPS) is 11.1. The van der Waals surface area contributed by atoms with E-state index in [0.29, 0.717) is 23.8 Å². The first-order valence-corrected chi connectivity index (χ1v) is 7.71. The summed E-state index contributed by atoms with van der Waals surface area (Å²) in [4.78, 5) is 12.6. The molecule has 0 unspecified atom stereocenters. The van der Waals surface area contributed by atoms with Crippen molar-refractivity contribution in [3.05, 3.63) is 33.9 Å². The molecule has 0 atom stereocenters. The molecule has 114 valence electrons. The fourth-order valence-electron chi connectivity index (χ4n) is 2.39. The summed E-state index contributed by atoms with van der Waals surface area (Å²) in [5, 5.41) is 9.36. The molecular weight excluding hydrogens is 288 g/mol. The number of hydrogen-bond acceptors (Lipinski definition) is 3. The summed E-state index contributed by atoms with van der Waals surface area (Å²) in [6.45, 7) is 9.24. The largest absolute Gasteiger partial charge is 0.292 e. The van der Waals surface area contributed by atoms with Gasteiger partial charge >= 0.3 is 0 Å². The first-order valence-electron chi connectivity index (χ1n) is 7.33. The third-order valence-corrected chi connectivity index (χ3v) is 4.05. The molecule has 0 N–H and O–H groups in total. The highest BCUT2D eigenvalue weighted by atomic mass is 35.5. The number of aromatic nitrogens is 4. The maximum absolute atomic E-state index is 12.6. The van der Waals surface area contributed by atoms with Crippen molar-refractivity contribution in [1.82, 2.24) is 19.6 Å². The van der Waals surface area contributed by atoms with Crippen molar-refractivity contribution in [2.24, 2.45) is 0 Å². The Hall–Kier alpha value is -1.62. The molecular formula is C15H21ClN4O. The van der Waals surface area contributed by atoms with E-state index in [-0.39, 0.29) is 12.2 Å². The zero-order valence-corrected chi connectivity index (χ0v) is 13.7. The summed E-state index contributed by atoms with van der Waals surface area (Å²) in [5.74, 6) is 0.0283. The van der Waals surface area contributed by atoms with Gasteiger partial charge in [0.15, 0.2) is 5.78 Å². The van der Waals surface area contributed by atoms with Gasteiger partial charge in [-0.15, -0.1) is 0 Å². The first kappa shape index (κ1) is 15.8. The Labute approximate surface area is 129 Å². The van der Waals surface area contributed by atoms with Crippen LogP contribution in [0.2, 0.25) is 5.02 Å². The van der Waals surface area contributed by atoms with E-state index in [0.717, 1.165) is 23.5 Å². The number of rotatable bonds is 6. The van der Waals surface area contributed by atoms with Crippen molar-refractivity contribution < 1.29 is 4.79 Å². The van der Waals surface area contributed by atoms with Gasteiger partial charge in [0.25, 0.3) is 0 Å². The molecule has 0 bridgehead atoms. The number of halogens is 1. The fraction of sp³-hybridized carbons (Fsp3) is 0.533. The maximum Gasteiger partial charge on any atom is 0.186 e. The van der Waals surface area contributed by atoms with E-state index in [1.165, 1.54) is 0 Å². The number of carbonyl (C=O) groups excluding carboxylic acids is 1. The second-order valence-electron chi connectivity index (χ2n) is 4.95. The van der Waals surface area contributed by atoms with Crippen LogP contribution in [-0.2, 0) is 25.9 Å². The zero-order chi connectivity index (χ0) is 15.6. The lowest BCUT2D eigenvalue weighted by Gasteiger charge is -2.06. The van der Waals surface area contributed by atoms with Crippen LogP contribution in [0.4, 0.5) is 0 Å². The molecule has 21 heavy (non-hydrogen) atoms. The summed E-state index contributed by atoms with van der Waals surface area (Å²) in [7, 11) is 0. The number of carbonyl (C=O) groups is 1. The number of ketones is 1. The third-order valence-electron chi connectivity index (χ3n) is 3.56. The molecule has 0 saturated heterocycles. The van der Waals surface area contributed by atoms with E-state index >= 15 is 0 Å². The van der Waals surface area contributed by atoms with Crippen LogP contribution in [0, 0.1) is 6.92 Å². The molecule has 0 radical (unpaired) electrons. The van der Waals surface area contributed by atoms with Gasteiger partial charge in [-0.05, 0) is 33.3 Å². The Morgan fingerprint density at radius 2 is 1.86 bits per heavy atom. The molecule has 0 spiro atoms. The summed E-state index contributed by atoms with van der Waals surface area (Å²) >= 11 is 6.27. The second kappa shape index (κ2) is 6.43. The minimum Gasteiger partial charge on any atom is -0.292 e. The van der Waals surface area contributed by atoms with Crippen LogP contribution in [0.3, 0.4) is 0 Å². The lowest BCUT2D eigenvalue weighted by Crippen LogP contribution is -2.14. The summed E-state index contributed by atoms with van der Waals surface area (Å²) in [5.41, 5.74) is 3.13. The maximum atomic E-state index is 12.6. The van der Waals surface area contributed by atoms with Crippen LogP contribution in [0.5, 0.6) is 0 Å². The van der Waals surface area contributed by atoms with Crippen molar-refractivity contribution >= 4 is 17.4 Å². The molecule has 0 aromatic carbocycles. The predicted molar refractivity (Wildman–Crippen MR) is 83.0 cm³/mol. The minimum atomic E-state index is 0.0283. The molecule has 0 fully saturated rings. The van der Waals surface area contributed by atoms with Gasteiger partial charge < -0.3 is 0 Å². The topological polar surface area (TPSA) is 52.7 Å². The highest BCUT2D eigenvalue weighted by Crippen LogP contribution is 2.22. The average Bonchev–Trinajstić information content (AvgIpc) is 3.03. The van der Waals surface area contributed by atoms with Crippen LogP contribution in [0.25, 0.3) is 0 Å². The number of hydrogen-bond donors (Lipinski definition) is 0. The fourth-order valence-corrected chi connectivity index (χ4v) is 2.59. The van der Waals surface area contributed by atoms with Gasteiger partial charge in [-0.2, -0.15) is 10.2 Å². The monoisotopic (exact) mass is 308 g/mol. The standard InChI is InChI=1S/C15H21ClN4O/c1-5-11-8-12(19(6-2)18-11)14(21)9-13-15(16)10(4)17-20(13)7-3/h8H,5-7,9H2,1-4H3. The molecule has 5 nitrogen and oxygen atoms in total. The van der Waals surface area contributed by atoms with Crippen LogP contribution < -0.4 is 0 Å². The average molecular weight is 309 g/mol. The van der Waals surface area contributed by atoms with Gasteiger partial charge in [-0.1, -0.05) is 18.5 Å². The van der Waals surface area contributed by atoms with Gasteiger partial charge in [0.1, 0.15) is 5.69 Å². The smallest absolute Gasteiger partial charge is 0.186 e. The summed E-state index contributed by atoms with van der Waals surface area (Å²) in [6.07, 6.45) is 1.07. The second-order valence-corrected chi connectivity index (χ2v) is 5.33. The third kappa shape index (κ3) is 3.02. The minimum absolute atomic E-state index is 0.0283. The van der Waals surface area contributed by atoms with Crippen LogP contribution in [0.15, 0.2) is 6.07 Å². The van der Waals surface area contributed by atoms with Crippen molar-refractivity contribution in [3.63, 3.8) is 0 Å². The van der Waals surface area contributed by atoms with Gasteiger partial charge in [-0.3, -0.25) is 14.2 Å². The van der Waals surface area contributed by atoms with Gasteiger partial charge in [0, 0.05) is 13.1 Å². The van der Waals surface area contributed by atoms with Gasteiger partial charge in [0.05, 0.1) is 28.5 Å². The molecule has 0 aliphatic carbocycles. The van der Waals surface area contributed by atoms with Crippen LogP contribution >= 0.6 is 11.6 Å². The Morgan fingerprint density at radius 1 is 1.19 bits per heavy atom. The summed E-state index contributed by atoms with van der Waals surface area (Å²) in [6, 6.07) is 1.87. The van der Waals surface area contributed by atoms with Gasteiger partial charge in [0.2, 0.25) is 0 Å². The molecule has 0 aliphatic rings. The van der Waals surface area contributed by atoms with Crippen LogP contribution in [-0.4, -0.2) is 25.3 Å². The molecule has 2 heterocycles. The number of nitrogens with zero attached hydrogens (tertiary/aromatic N) is 4. The van der Waals surface area contributed by atoms with Crippen molar-refractivity contribution in [2.75, 3.05) is 0 Å². The SMILES string of the molecule is CCc1cc(C(=O)Cc2c(Cl)c(C)nn2CC)n(CC)n1. The molecule has 0 amide bonds. The lowest BCUT2D eigenvalue weighted by molar-refractivity contribution is 0.0980. The number of Topliss-reactive ketones (excluding diaryl/α,β-unsaturated/α-hetero) is 1. The van der Waals surface area contributed by atoms with E-state index in [1.54, 1.807) is 9.36 Å². The molecule has 2 aromatic rings. The Morgan fingerprint density at radius 3 is 2.43 bits per heavy atom. The summed E-state index contributed by atoms with van der Waals surface area (Å²) < 4.78 is 3.55. The molecule has 6 heteroatoms. The zero-order valence-electron chi connectivity index (χ0n) is 13.0. The Balaban J connectivity index is 2.32. The highest BCUT2D eigenvalue weighted by Gasteiger charge is 2.20. The Bertz CT molecular complexity index is 657. The van der Waals surface area contributed by atoms with Crippen molar-refractivity contribution in [3.8, 4) is 0 Å². The highest BCUT2D eigenvalue weighted by molar-refractivity contribution is 6.32. The number of aryl methyl sites for hydroxylation is 4. The predicted octanol–water partition coefficient (Wildman–Crippen LogP) is 3.07. The van der Waals surface area contributed by atoms with E-state index < -0.39 is 0 Å². The molecule has 2 aromatic heterocycles. The first-order chi connectivity index (χ1) is 10.0. The van der Waals surface area contributed by atoms with Crippen molar-refractivity contribution in [2.45, 2.75) is 53.6 Å². The van der Waals surface area contributed by atoms with E-state index in [2.05, 4.69) is 10.2 Å². The van der Waals surface area contributed by atoms with Gasteiger partial charge in [-0.25, -0.2) is 0 Å². The molecule has 0 aliphatic heterocycles. The molecule has 2 rings (SSSR count). The van der Waals surface area contributed by atoms with E-state index in [9.17, 15) is 4.79 Å². The Kier molecular flexibility index (Phi) is 4.83. The lowest BCUT2D eigenvalue weighted by atomic mass is 10.1. The van der Waals surface area contributed by atoms with Crippen molar-refractivity contribution in [1.29, 1.82) is 0 Å². The van der Waals surface area contributed by atoms with E-state index in [4.69, 9.17) is 11.6 Å².